The Bertz CT molecular complexity index is 917. The Morgan fingerprint density at radius 2 is 1.76 bits per heavy atom. The monoisotopic (exact) mass is 356 g/mol. The molecule has 0 spiro atoms. The van der Waals surface area contributed by atoms with Gasteiger partial charge >= 0.3 is 0 Å². The third kappa shape index (κ3) is 4.28. The molecule has 0 aliphatic rings. The van der Waals surface area contributed by atoms with Gasteiger partial charge in [-0.15, -0.1) is 0 Å². The maximum atomic E-state index is 13.2. The molecule has 0 aliphatic heterocycles. The number of hydrogen-bond acceptors (Lipinski definition) is 4. The van der Waals surface area contributed by atoms with Gasteiger partial charge in [-0.25, -0.2) is 18.7 Å². The van der Waals surface area contributed by atoms with Crippen molar-refractivity contribution < 1.29 is 13.6 Å². The van der Waals surface area contributed by atoms with Crippen LogP contribution in [0.5, 0.6) is 0 Å². The van der Waals surface area contributed by atoms with Gasteiger partial charge in [0.25, 0.3) is 0 Å². The van der Waals surface area contributed by atoms with Crippen LogP contribution in [0.3, 0.4) is 0 Å². The highest BCUT2D eigenvalue weighted by molar-refractivity contribution is 7.99. The number of nitrogens with zero attached hydrogens (tertiary/aromatic N) is 2. The minimum atomic E-state index is -1.03. The Balaban J connectivity index is 1.76. The lowest BCUT2D eigenvalue weighted by atomic mass is 10.1. The van der Waals surface area contributed by atoms with E-state index in [2.05, 4.69) is 9.97 Å². The molecule has 2 aromatic carbocycles. The first-order chi connectivity index (χ1) is 12.0. The van der Waals surface area contributed by atoms with Crippen LogP contribution < -0.4 is 0 Å². The van der Waals surface area contributed by atoms with E-state index in [-0.39, 0.29) is 17.1 Å². The van der Waals surface area contributed by atoms with E-state index in [0.717, 1.165) is 29.1 Å². The van der Waals surface area contributed by atoms with Crippen molar-refractivity contribution in [1.82, 2.24) is 9.97 Å². The summed E-state index contributed by atoms with van der Waals surface area (Å²) in [5.74, 6) is -2.27. The van der Waals surface area contributed by atoms with E-state index in [1.54, 1.807) is 0 Å². The van der Waals surface area contributed by atoms with Crippen LogP contribution in [0.2, 0.25) is 0 Å². The van der Waals surface area contributed by atoms with Gasteiger partial charge in [0.15, 0.2) is 22.6 Å². The van der Waals surface area contributed by atoms with Gasteiger partial charge in [0.2, 0.25) is 0 Å². The van der Waals surface area contributed by atoms with Crippen LogP contribution in [0.4, 0.5) is 8.78 Å². The smallest absolute Gasteiger partial charge is 0.188 e. The number of hydrogen-bond donors (Lipinski definition) is 0. The summed E-state index contributed by atoms with van der Waals surface area (Å²) < 4.78 is 26.2. The SMILES string of the molecule is Cc1cc(-c2ccccc2)nc(SCC(=O)c2ccc(F)c(F)c2)n1. The number of halogens is 2. The number of carbonyl (C=O) groups is 1. The van der Waals surface area contributed by atoms with Gasteiger partial charge in [-0.2, -0.15) is 0 Å². The number of aryl methyl sites for hydroxylation is 1. The van der Waals surface area contributed by atoms with Gasteiger partial charge in [0.1, 0.15) is 0 Å². The largest absolute Gasteiger partial charge is 0.293 e. The zero-order chi connectivity index (χ0) is 17.8. The zero-order valence-electron chi connectivity index (χ0n) is 13.4. The van der Waals surface area contributed by atoms with Crippen molar-refractivity contribution in [2.75, 3.05) is 5.75 Å². The van der Waals surface area contributed by atoms with Crippen molar-refractivity contribution in [1.29, 1.82) is 0 Å². The molecule has 0 unspecified atom stereocenters. The van der Waals surface area contributed by atoms with Crippen molar-refractivity contribution in [2.45, 2.75) is 12.1 Å². The molecule has 3 rings (SSSR count). The van der Waals surface area contributed by atoms with Crippen molar-refractivity contribution in [3.8, 4) is 11.3 Å². The minimum absolute atomic E-state index is 0.0444. The van der Waals surface area contributed by atoms with Crippen LogP contribution >= 0.6 is 11.8 Å². The number of carbonyl (C=O) groups excluding carboxylic acids is 1. The van der Waals surface area contributed by atoms with E-state index in [1.165, 1.54) is 17.8 Å². The van der Waals surface area contributed by atoms with E-state index in [4.69, 9.17) is 0 Å². The lowest BCUT2D eigenvalue weighted by molar-refractivity contribution is 0.102. The molecule has 0 saturated heterocycles. The third-order valence-electron chi connectivity index (χ3n) is 3.48. The van der Waals surface area contributed by atoms with E-state index >= 15 is 0 Å². The molecule has 1 heterocycles. The molecule has 0 aliphatic carbocycles. The Morgan fingerprint density at radius 3 is 2.48 bits per heavy atom. The lowest BCUT2D eigenvalue weighted by Crippen LogP contribution is -2.05. The first kappa shape index (κ1) is 17.2. The number of benzene rings is 2. The molecular weight excluding hydrogens is 342 g/mol. The fourth-order valence-corrected chi connectivity index (χ4v) is 3.04. The summed E-state index contributed by atoms with van der Waals surface area (Å²) in [5.41, 5.74) is 2.65. The molecule has 0 atom stereocenters. The van der Waals surface area contributed by atoms with Gasteiger partial charge in [-0.05, 0) is 31.2 Å². The molecule has 3 aromatic rings. The summed E-state index contributed by atoms with van der Waals surface area (Å²) in [5, 5.41) is 0.467. The van der Waals surface area contributed by atoms with E-state index in [0.29, 0.717) is 5.16 Å². The molecule has 0 bridgehead atoms. The molecule has 6 heteroatoms. The lowest BCUT2D eigenvalue weighted by Gasteiger charge is -2.06. The average Bonchev–Trinajstić information content (AvgIpc) is 2.62. The molecule has 1 aromatic heterocycles. The molecular formula is C19H14F2N2OS. The number of rotatable bonds is 5. The van der Waals surface area contributed by atoms with Gasteiger partial charge in [-0.3, -0.25) is 4.79 Å². The average molecular weight is 356 g/mol. The fraction of sp³-hybridized carbons (Fsp3) is 0.105. The van der Waals surface area contributed by atoms with Crippen molar-refractivity contribution >= 4 is 17.5 Å². The number of aromatic nitrogens is 2. The first-order valence-electron chi connectivity index (χ1n) is 7.55. The summed E-state index contributed by atoms with van der Waals surface area (Å²) in [4.78, 5) is 20.9. The Labute approximate surface area is 148 Å². The van der Waals surface area contributed by atoms with Gasteiger partial charge in [0, 0.05) is 16.8 Å². The highest BCUT2D eigenvalue weighted by atomic mass is 32.2. The van der Waals surface area contributed by atoms with Crippen LogP contribution in [0.15, 0.2) is 59.8 Å². The molecule has 0 amide bonds. The van der Waals surface area contributed by atoms with Gasteiger partial charge < -0.3 is 0 Å². The minimum Gasteiger partial charge on any atom is -0.293 e. The highest BCUT2D eigenvalue weighted by Crippen LogP contribution is 2.22. The number of thioether (sulfide) groups is 1. The van der Waals surface area contributed by atoms with Gasteiger partial charge in [-0.1, -0.05) is 42.1 Å². The second kappa shape index (κ2) is 7.53. The molecule has 3 nitrogen and oxygen atoms in total. The van der Waals surface area contributed by atoms with E-state index in [1.807, 2.05) is 43.3 Å². The zero-order valence-corrected chi connectivity index (χ0v) is 14.2. The normalized spacial score (nSPS) is 10.7. The number of ketones is 1. The molecule has 0 fully saturated rings. The second-order valence-corrected chi connectivity index (χ2v) is 6.33. The Morgan fingerprint density at radius 1 is 1.00 bits per heavy atom. The maximum Gasteiger partial charge on any atom is 0.188 e. The first-order valence-corrected chi connectivity index (χ1v) is 8.53. The highest BCUT2D eigenvalue weighted by Gasteiger charge is 2.12. The predicted octanol–water partition coefficient (Wildman–Crippen LogP) is 4.71. The van der Waals surface area contributed by atoms with Gasteiger partial charge in [0.05, 0.1) is 11.4 Å². The van der Waals surface area contributed by atoms with Crippen molar-refractivity contribution in [2.24, 2.45) is 0 Å². The fourth-order valence-electron chi connectivity index (χ4n) is 2.25. The molecule has 0 N–H and O–H groups in total. The van der Waals surface area contributed by atoms with E-state index < -0.39 is 11.6 Å². The Hall–Kier alpha value is -2.60. The van der Waals surface area contributed by atoms with Crippen molar-refractivity contribution in [3.05, 3.63) is 77.5 Å². The van der Waals surface area contributed by atoms with Crippen LogP contribution in [0.25, 0.3) is 11.3 Å². The third-order valence-corrected chi connectivity index (χ3v) is 4.32. The topological polar surface area (TPSA) is 42.9 Å². The Kier molecular flexibility index (Phi) is 5.19. The summed E-state index contributed by atoms with van der Waals surface area (Å²) in [7, 11) is 0. The molecule has 0 radical (unpaired) electrons. The predicted molar refractivity (Wildman–Crippen MR) is 93.6 cm³/mol. The summed E-state index contributed by atoms with van der Waals surface area (Å²) in [6.45, 7) is 1.86. The molecule has 0 saturated carbocycles. The quantitative estimate of drug-likeness (QED) is 0.377. The summed E-state index contributed by atoms with van der Waals surface area (Å²) in [6, 6.07) is 14.7. The maximum absolute atomic E-state index is 13.2. The summed E-state index contributed by atoms with van der Waals surface area (Å²) >= 11 is 1.17. The van der Waals surface area contributed by atoms with Crippen molar-refractivity contribution in [3.63, 3.8) is 0 Å². The summed E-state index contributed by atoms with van der Waals surface area (Å²) in [6.07, 6.45) is 0. The van der Waals surface area contributed by atoms with Crippen LogP contribution in [-0.4, -0.2) is 21.5 Å². The number of Topliss-reactive ketones (excluding diaryl/α,β-unsaturated/α-hetero) is 1. The van der Waals surface area contributed by atoms with E-state index in [9.17, 15) is 13.6 Å². The van der Waals surface area contributed by atoms with Crippen LogP contribution in [0.1, 0.15) is 16.1 Å². The molecule has 126 valence electrons. The van der Waals surface area contributed by atoms with Crippen LogP contribution in [-0.2, 0) is 0 Å². The molecule has 25 heavy (non-hydrogen) atoms. The van der Waals surface area contributed by atoms with Crippen LogP contribution in [0, 0.1) is 18.6 Å². The second-order valence-electron chi connectivity index (χ2n) is 5.38. The standard InChI is InChI=1S/C19H14F2N2OS/c1-12-9-17(13-5-3-2-4-6-13)23-19(22-12)25-11-18(24)14-7-8-15(20)16(21)10-14/h2-10H,11H2,1H3.